The van der Waals surface area contributed by atoms with Crippen LogP contribution in [0.3, 0.4) is 0 Å². The number of fused-ring (bicyclic) bond motifs is 1. The molecule has 2 aromatic heterocycles. The minimum atomic E-state index is -0.238. The van der Waals surface area contributed by atoms with E-state index in [1.807, 2.05) is 32.0 Å². The summed E-state index contributed by atoms with van der Waals surface area (Å²) >= 11 is 1.58. The van der Waals surface area contributed by atoms with Crippen molar-refractivity contribution in [3.8, 4) is 10.4 Å². The quantitative estimate of drug-likeness (QED) is 0.203. The summed E-state index contributed by atoms with van der Waals surface area (Å²) < 4.78 is 14.2. The predicted molar refractivity (Wildman–Crippen MR) is 138 cm³/mol. The summed E-state index contributed by atoms with van der Waals surface area (Å²) in [7, 11) is 0. The molecule has 0 unspecified atom stereocenters. The Bertz CT molecular complexity index is 1350. The molecule has 0 aliphatic rings. The number of amidine groups is 1. The molecule has 0 amide bonds. The largest absolute Gasteiger partial charge is 0.383 e. The lowest BCUT2D eigenvalue weighted by molar-refractivity contribution is 0.637. The zero-order valence-corrected chi connectivity index (χ0v) is 19.7. The maximum absolute atomic E-state index is 14.2. The summed E-state index contributed by atoms with van der Waals surface area (Å²) in [5.74, 6) is 0.226. The molecule has 2 heterocycles. The van der Waals surface area contributed by atoms with Crippen molar-refractivity contribution in [3.05, 3.63) is 88.3 Å². The maximum Gasteiger partial charge on any atom is 0.147 e. The molecule has 0 spiro atoms. The second-order valence-corrected chi connectivity index (χ2v) is 9.02. The van der Waals surface area contributed by atoms with Crippen LogP contribution in [0.25, 0.3) is 21.3 Å². The zero-order valence-electron chi connectivity index (χ0n) is 18.8. The van der Waals surface area contributed by atoms with Gasteiger partial charge < -0.3 is 21.8 Å². The molecule has 4 rings (SSSR count). The molecule has 7 heteroatoms. The van der Waals surface area contributed by atoms with E-state index in [1.54, 1.807) is 17.5 Å². The number of hydrogen-bond donors (Lipinski definition) is 4. The summed E-state index contributed by atoms with van der Waals surface area (Å²) in [6.45, 7) is 8.73. The fraction of sp³-hybridized carbons (Fsp3) is 0.192. The van der Waals surface area contributed by atoms with E-state index in [0.29, 0.717) is 30.9 Å². The molecule has 2 aromatic carbocycles. The highest BCUT2D eigenvalue weighted by Crippen LogP contribution is 2.35. The fourth-order valence-corrected chi connectivity index (χ4v) is 5.15. The minimum Gasteiger partial charge on any atom is -0.383 e. The molecule has 5 nitrogen and oxygen atoms in total. The summed E-state index contributed by atoms with van der Waals surface area (Å²) in [6.07, 6.45) is 2.30. The maximum atomic E-state index is 14.2. The third-order valence-corrected chi connectivity index (χ3v) is 6.95. The molecule has 0 aliphatic heterocycles. The number of thiophene rings is 1. The highest BCUT2D eigenvalue weighted by atomic mass is 32.1. The van der Waals surface area contributed by atoms with Crippen LogP contribution in [0, 0.1) is 19.7 Å². The van der Waals surface area contributed by atoms with Gasteiger partial charge in [0.2, 0.25) is 0 Å². The van der Waals surface area contributed by atoms with E-state index in [0.717, 1.165) is 48.8 Å². The van der Waals surface area contributed by atoms with Crippen LogP contribution >= 0.6 is 11.3 Å². The zero-order chi connectivity index (χ0) is 23.5. The van der Waals surface area contributed by atoms with Gasteiger partial charge >= 0.3 is 0 Å². The Balaban J connectivity index is 1.61. The van der Waals surface area contributed by atoms with E-state index >= 15 is 0 Å². The van der Waals surface area contributed by atoms with E-state index in [9.17, 15) is 4.39 Å². The van der Waals surface area contributed by atoms with E-state index in [1.165, 1.54) is 6.07 Å². The first kappa shape index (κ1) is 22.8. The number of H-pyrrole nitrogens is 1. The number of aromatic amines is 1. The second-order valence-electron chi connectivity index (χ2n) is 7.97. The van der Waals surface area contributed by atoms with Gasteiger partial charge in [-0.2, -0.15) is 0 Å². The van der Waals surface area contributed by atoms with Crippen LogP contribution in [0.15, 0.2) is 60.2 Å². The topological polar surface area (TPSA) is 92.2 Å². The third kappa shape index (κ3) is 4.55. The molecule has 0 bridgehead atoms. The molecule has 0 radical (unpaired) electrons. The number of aromatic nitrogens is 1. The van der Waals surface area contributed by atoms with Crippen molar-refractivity contribution in [2.45, 2.75) is 26.8 Å². The average Bonchev–Trinajstić information content (AvgIpc) is 3.39. The number of halogens is 1. The van der Waals surface area contributed by atoms with Gasteiger partial charge in [-0.3, -0.25) is 4.99 Å². The Kier molecular flexibility index (Phi) is 6.62. The van der Waals surface area contributed by atoms with E-state index < -0.39 is 0 Å². The lowest BCUT2D eigenvalue weighted by Gasteiger charge is -2.05. The van der Waals surface area contributed by atoms with Crippen LogP contribution in [-0.2, 0) is 13.0 Å². The summed E-state index contributed by atoms with van der Waals surface area (Å²) in [5.41, 5.74) is 18.9. The van der Waals surface area contributed by atoms with Crippen molar-refractivity contribution in [2.75, 3.05) is 11.9 Å². The van der Waals surface area contributed by atoms with Crippen molar-refractivity contribution in [1.82, 2.24) is 4.98 Å². The number of nitrogens with zero attached hydrogens (tertiary/aromatic N) is 1. The molecule has 4 aromatic rings. The Morgan fingerprint density at radius 2 is 2.06 bits per heavy atom. The van der Waals surface area contributed by atoms with Crippen LogP contribution in [0.5, 0.6) is 0 Å². The summed E-state index contributed by atoms with van der Waals surface area (Å²) in [6, 6.07) is 13.5. The second kappa shape index (κ2) is 9.60. The average molecular weight is 462 g/mol. The van der Waals surface area contributed by atoms with Crippen LogP contribution in [0.4, 0.5) is 10.1 Å². The normalized spacial score (nSPS) is 11.8. The van der Waals surface area contributed by atoms with E-state index in [4.69, 9.17) is 11.5 Å². The Labute approximate surface area is 197 Å². The molecule has 0 fully saturated rings. The number of nitrogens with one attached hydrogen (secondary N) is 2. The Morgan fingerprint density at radius 3 is 2.82 bits per heavy atom. The first-order valence-electron chi connectivity index (χ1n) is 10.8. The van der Waals surface area contributed by atoms with Gasteiger partial charge in [-0.1, -0.05) is 30.8 Å². The van der Waals surface area contributed by atoms with Crippen LogP contribution in [-0.4, -0.2) is 17.4 Å². The van der Waals surface area contributed by atoms with Crippen molar-refractivity contribution >= 4 is 33.8 Å². The molecule has 0 atom stereocenters. The van der Waals surface area contributed by atoms with Crippen molar-refractivity contribution < 1.29 is 4.39 Å². The van der Waals surface area contributed by atoms with Crippen LogP contribution < -0.4 is 16.8 Å². The number of anilines is 1. The van der Waals surface area contributed by atoms with Gasteiger partial charge in [0.05, 0.1) is 16.1 Å². The highest BCUT2D eigenvalue weighted by Gasteiger charge is 2.15. The highest BCUT2D eigenvalue weighted by molar-refractivity contribution is 7.18. The van der Waals surface area contributed by atoms with Gasteiger partial charge in [0.15, 0.2) is 0 Å². The molecule has 6 N–H and O–H groups in total. The third-order valence-electron chi connectivity index (χ3n) is 5.74. The molecule has 33 heavy (non-hydrogen) atoms. The van der Waals surface area contributed by atoms with Crippen molar-refractivity contribution in [3.63, 3.8) is 0 Å². The Morgan fingerprint density at radius 1 is 1.24 bits per heavy atom. The molecule has 0 saturated heterocycles. The molecule has 0 saturated carbocycles. The number of benzene rings is 2. The standard InChI is InChI=1S/C26H28FN5S/c1-4-30-21-13-22(18-7-5-6-17(12-18)14-28)33-25(21)26(29)31-11-10-19-16(3)32-24-20(27)9-8-15(2)23(19)24/h4-9,12-13,30,32H,1,10-11,14,28H2,2-3H3,(H2,29,31). The number of nitrogens with two attached hydrogens (primary N) is 2. The monoisotopic (exact) mass is 461 g/mol. The molecular weight excluding hydrogens is 433 g/mol. The lowest BCUT2D eigenvalue weighted by atomic mass is 10.0. The van der Waals surface area contributed by atoms with Gasteiger partial charge in [0.25, 0.3) is 0 Å². The van der Waals surface area contributed by atoms with E-state index in [2.05, 4.69) is 40.1 Å². The SMILES string of the molecule is C=CNc1cc(-c2cccc(CN)c2)sc1C(N)=NCCc1c(C)[nH]c2c(F)ccc(C)c12. The van der Waals surface area contributed by atoms with Crippen molar-refractivity contribution in [2.24, 2.45) is 16.5 Å². The predicted octanol–water partition coefficient (Wildman–Crippen LogP) is 5.61. The molecule has 170 valence electrons. The summed E-state index contributed by atoms with van der Waals surface area (Å²) in [4.78, 5) is 9.77. The first-order valence-corrected chi connectivity index (χ1v) is 11.6. The summed E-state index contributed by atoms with van der Waals surface area (Å²) in [5, 5.41) is 4.11. The number of rotatable bonds is 8. The lowest BCUT2D eigenvalue weighted by Crippen LogP contribution is -2.14. The van der Waals surface area contributed by atoms with Gasteiger partial charge in [0, 0.05) is 29.0 Å². The molecular formula is C26H28FN5S. The number of aryl methyl sites for hydroxylation is 2. The van der Waals surface area contributed by atoms with Gasteiger partial charge in [-0.25, -0.2) is 4.39 Å². The van der Waals surface area contributed by atoms with E-state index in [-0.39, 0.29) is 5.82 Å². The minimum absolute atomic E-state index is 0.238. The van der Waals surface area contributed by atoms with Crippen LogP contribution in [0.1, 0.15) is 27.3 Å². The molecule has 0 aliphatic carbocycles. The number of aliphatic imine (C=N–C) groups is 1. The van der Waals surface area contributed by atoms with Gasteiger partial charge in [0.1, 0.15) is 11.7 Å². The smallest absolute Gasteiger partial charge is 0.147 e. The number of hydrogen-bond acceptors (Lipinski definition) is 4. The fourth-order valence-electron chi connectivity index (χ4n) is 4.11. The van der Waals surface area contributed by atoms with Gasteiger partial charge in [-0.15, -0.1) is 11.3 Å². The van der Waals surface area contributed by atoms with Crippen molar-refractivity contribution in [1.29, 1.82) is 0 Å². The van der Waals surface area contributed by atoms with Gasteiger partial charge in [-0.05, 0) is 66.9 Å². The Hall–Kier alpha value is -3.42. The van der Waals surface area contributed by atoms with Crippen LogP contribution in [0.2, 0.25) is 0 Å². The first-order chi connectivity index (χ1) is 15.9.